The number of carbonyl (C=O) groups is 2. The lowest BCUT2D eigenvalue weighted by Gasteiger charge is -2.35. The van der Waals surface area contributed by atoms with Crippen LogP contribution in [-0.4, -0.2) is 75.3 Å². The lowest BCUT2D eigenvalue weighted by Crippen LogP contribution is -2.54. The van der Waals surface area contributed by atoms with Crippen LogP contribution < -0.4 is 4.72 Å². The van der Waals surface area contributed by atoms with E-state index in [1.54, 1.807) is 9.80 Å². The second-order valence-electron chi connectivity index (χ2n) is 4.68. The highest BCUT2D eigenvalue weighted by Crippen LogP contribution is 2.18. The summed E-state index contributed by atoms with van der Waals surface area (Å²) in [5.74, 6) is -0.116. The Kier molecular flexibility index (Phi) is 3.95. The van der Waals surface area contributed by atoms with Crippen LogP contribution in [0.1, 0.15) is 6.42 Å². The number of ether oxygens (including phenoxy) is 1. The Morgan fingerprint density at radius 3 is 2.89 bits per heavy atom. The van der Waals surface area contributed by atoms with Crippen molar-refractivity contribution in [1.29, 1.82) is 0 Å². The topological polar surface area (TPSA) is 96.0 Å². The smallest absolute Gasteiger partial charge is 0.410 e. The van der Waals surface area contributed by atoms with Gasteiger partial charge in [-0.1, -0.05) is 0 Å². The minimum atomic E-state index is -3.27. The second-order valence-corrected chi connectivity index (χ2v) is 6.51. The number of piperazine rings is 1. The van der Waals surface area contributed by atoms with Crippen LogP contribution in [-0.2, 0) is 19.6 Å². The molecule has 0 aromatic rings. The highest BCUT2D eigenvalue weighted by atomic mass is 32.2. The zero-order chi connectivity index (χ0) is 14.0. The average molecular weight is 291 g/mol. The van der Waals surface area contributed by atoms with Gasteiger partial charge in [0.05, 0.1) is 12.3 Å². The molecule has 108 valence electrons. The molecule has 0 unspecified atom stereocenters. The third-order valence-corrected chi connectivity index (χ3v) is 3.90. The van der Waals surface area contributed by atoms with E-state index in [4.69, 9.17) is 4.74 Å². The molecule has 0 radical (unpaired) electrons. The summed E-state index contributed by atoms with van der Waals surface area (Å²) in [5, 5.41) is 0. The minimum absolute atomic E-state index is 0.0759. The molecule has 9 heteroatoms. The summed E-state index contributed by atoms with van der Waals surface area (Å²) in [6, 6.07) is -0.0759. The summed E-state index contributed by atoms with van der Waals surface area (Å²) in [4.78, 5) is 26.5. The van der Waals surface area contributed by atoms with E-state index in [2.05, 4.69) is 4.72 Å². The summed E-state index contributed by atoms with van der Waals surface area (Å²) in [6.07, 6.45) is 0.850. The molecule has 0 bridgehead atoms. The highest BCUT2D eigenvalue weighted by Gasteiger charge is 2.38. The Hall–Kier alpha value is -1.35. The fourth-order valence-electron chi connectivity index (χ4n) is 2.22. The Morgan fingerprint density at radius 1 is 1.47 bits per heavy atom. The molecule has 8 nitrogen and oxygen atoms in total. The molecule has 0 aliphatic carbocycles. The molecule has 2 fully saturated rings. The first-order valence-corrected chi connectivity index (χ1v) is 7.92. The largest absolute Gasteiger partial charge is 0.447 e. The van der Waals surface area contributed by atoms with Gasteiger partial charge in [-0.2, -0.15) is 0 Å². The average Bonchev–Trinajstić information content (AvgIpc) is 2.69. The van der Waals surface area contributed by atoms with E-state index in [9.17, 15) is 18.0 Å². The van der Waals surface area contributed by atoms with E-state index >= 15 is 0 Å². The molecule has 2 aliphatic rings. The van der Waals surface area contributed by atoms with Gasteiger partial charge in [0.2, 0.25) is 15.9 Å². The summed E-state index contributed by atoms with van der Waals surface area (Å²) in [5.41, 5.74) is 0. The van der Waals surface area contributed by atoms with E-state index in [0.29, 0.717) is 26.2 Å². The maximum atomic E-state index is 11.9. The van der Waals surface area contributed by atoms with E-state index < -0.39 is 10.0 Å². The Bertz CT molecular complexity index is 478. The van der Waals surface area contributed by atoms with Crippen LogP contribution in [0.4, 0.5) is 4.79 Å². The first kappa shape index (κ1) is 14.1. The fourth-order valence-corrected chi connectivity index (χ4v) is 2.69. The van der Waals surface area contributed by atoms with Gasteiger partial charge in [-0.05, 0) is 0 Å². The van der Waals surface area contributed by atoms with Crippen LogP contribution in [0.3, 0.4) is 0 Å². The van der Waals surface area contributed by atoms with Crippen LogP contribution in [0.25, 0.3) is 0 Å². The van der Waals surface area contributed by atoms with Crippen molar-refractivity contribution in [3.05, 3.63) is 0 Å². The van der Waals surface area contributed by atoms with Crippen LogP contribution in [0.15, 0.2) is 0 Å². The first-order chi connectivity index (χ1) is 8.87. The van der Waals surface area contributed by atoms with Gasteiger partial charge in [-0.15, -0.1) is 0 Å². The number of amides is 2. The Balaban J connectivity index is 1.80. The zero-order valence-electron chi connectivity index (χ0n) is 10.7. The predicted octanol–water partition coefficient (Wildman–Crippen LogP) is -1.41. The molecule has 2 saturated heterocycles. The maximum Gasteiger partial charge on any atom is 0.410 e. The molecular formula is C10H17N3O5S. The summed E-state index contributed by atoms with van der Waals surface area (Å²) in [6.45, 7) is 1.78. The van der Waals surface area contributed by atoms with Crippen molar-refractivity contribution in [2.45, 2.75) is 12.5 Å². The Labute approximate surface area is 111 Å². The minimum Gasteiger partial charge on any atom is -0.447 e. The molecule has 0 spiro atoms. The van der Waals surface area contributed by atoms with Crippen molar-refractivity contribution in [2.24, 2.45) is 0 Å². The van der Waals surface area contributed by atoms with Crippen molar-refractivity contribution in [1.82, 2.24) is 14.5 Å². The molecule has 1 atom stereocenters. The number of hydrogen-bond donors (Lipinski definition) is 1. The van der Waals surface area contributed by atoms with Crippen molar-refractivity contribution in [3.8, 4) is 0 Å². The van der Waals surface area contributed by atoms with Crippen molar-refractivity contribution >= 4 is 22.0 Å². The third kappa shape index (κ3) is 3.57. The number of carbonyl (C=O) groups excluding carboxylic acids is 2. The van der Waals surface area contributed by atoms with Gasteiger partial charge >= 0.3 is 6.09 Å². The number of hydrogen-bond acceptors (Lipinski definition) is 5. The number of sulfonamides is 1. The van der Waals surface area contributed by atoms with Crippen LogP contribution in [0.5, 0.6) is 0 Å². The molecule has 2 aliphatic heterocycles. The number of nitrogens with zero attached hydrogens (tertiary/aromatic N) is 2. The second kappa shape index (κ2) is 5.33. The number of rotatable bonds is 4. The van der Waals surface area contributed by atoms with E-state index in [1.807, 2.05) is 0 Å². The third-order valence-electron chi connectivity index (χ3n) is 3.17. The highest BCUT2D eigenvalue weighted by molar-refractivity contribution is 7.88. The van der Waals surface area contributed by atoms with Crippen molar-refractivity contribution in [2.75, 3.05) is 39.0 Å². The molecule has 2 heterocycles. The van der Waals surface area contributed by atoms with Crippen molar-refractivity contribution in [3.63, 3.8) is 0 Å². The number of nitrogens with one attached hydrogen (secondary N) is 1. The lowest BCUT2D eigenvalue weighted by molar-refractivity contribution is -0.133. The molecule has 2 rings (SSSR count). The van der Waals surface area contributed by atoms with E-state index in [1.165, 1.54) is 0 Å². The van der Waals surface area contributed by atoms with Gasteiger partial charge in [0, 0.05) is 32.6 Å². The monoisotopic (exact) mass is 291 g/mol. The fraction of sp³-hybridized carbons (Fsp3) is 0.800. The lowest BCUT2D eigenvalue weighted by atomic mass is 10.2. The van der Waals surface area contributed by atoms with Gasteiger partial charge in [-0.3, -0.25) is 9.69 Å². The summed E-state index contributed by atoms with van der Waals surface area (Å²) < 4.78 is 28.9. The SMILES string of the molecule is CS(=O)(=O)NCCC(=O)N1CCN2C(=O)OC[C@@H]2C1. The van der Waals surface area contributed by atoms with Gasteiger partial charge < -0.3 is 9.64 Å². The Morgan fingerprint density at radius 2 is 2.21 bits per heavy atom. The van der Waals surface area contributed by atoms with E-state index in [0.717, 1.165) is 6.26 Å². The van der Waals surface area contributed by atoms with Crippen LogP contribution in [0, 0.1) is 0 Å². The first-order valence-electron chi connectivity index (χ1n) is 6.02. The van der Waals surface area contributed by atoms with E-state index in [-0.39, 0.29) is 31.0 Å². The number of fused-ring (bicyclic) bond motifs is 1. The summed E-state index contributed by atoms with van der Waals surface area (Å²) in [7, 11) is -3.27. The van der Waals surface area contributed by atoms with Gasteiger partial charge in [0.15, 0.2) is 0 Å². The molecule has 0 saturated carbocycles. The maximum absolute atomic E-state index is 11.9. The van der Waals surface area contributed by atoms with Gasteiger partial charge in [-0.25, -0.2) is 17.9 Å². The van der Waals surface area contributed by atoms with Crippen molar-refractivity contribution < 1.29 is 22.7 Å². The quantitative estimate of drug-likeness (QED) is 0.686. The molecule has 0 aromatic carbocycles. The number of cyclic esters (lactones) is 1. The molecule has 2 amide bonds. The van der Waals surface area contributed by atoms with Gasteiger partial charge in [0.1, 0.15) is 6.61 Å². The normalized spacial score (nSPS) is 23.2. The molecule has 19 heavy (non-hydrogen) atoms. The zero-order valence-corrected chi connectivity index (χ0v) is 11.5. The molecule has 0 aromatic heterocycles. The standard InChI is InChI=1S/C10H17N3O5S/c1-19(16,17)11-3-2-9(14)12-4-5-13-8(6-12)7-18-10(13)15/h8,11H,2-7H2,1H3/t8-/m0/s1. The summed E-state index contributed by atoms with van der Waals surface area (Å²) >= 11 is 0. The van der Waals surface area contributed by atoms with Crippen LogP contribution >= 0.6 is 0 Å². The van der Waals surface area contributed by atoms with Crippen LogP contribution in [0.2, 0.25) is 0 Å². The molecular weight excluding hydrogens is 274 g/mol. The van der Waals surface area contributed by atoms with Gasteiger partial charge in [0.25, 0.3) is 0 Å². The predicted molar refractivity (Wildman–Crippen MR) is 65.9 cm³/mol. The molecule has 1 N–H and O–H groups in total.